The number of rotatable bonds is 7. The van der Waals surface area contributed by atoms with E-state index in [2.05, 4.69) is 20.9 Å². The van der Waals surface area contributed by atoms with Crippen LogP contribution in [0.1, 0.15) is 36.7 Å². The maximum absolute atomic E-state index is 11.9. The van der Waals surface area contributed by atoms with Crippen molar-refractivity contribution in [3.8, 4) is 0 Å². The predicted molar refractivity (Wildman–Crippen MR) is 112 cm³/mol. The van der Waals surface area contributed by atoms with E-state index in [9.17, 15) is 9.59 Å². The van der Waals surface area contributed by atoms with Crippen molar-refractivity contribution in [2.24, 2.45) is 4.99 Å². The number of carbonyl (C=O) groups is 2. The number of hydrogen-bond acceptors (Lipinski definition) is 4. The van der Waals surface area contributed by atoms with Gasteiger partial charge in [0.1, 0.15) is 5.60 Å². The average molecular weight is 392 g/mol. The lowest BCUT2D eigenvalue weighted by Gasteiger charge is -2.24. The summed E-state index contributed by atoms with van der Waals surface area (Å²) in [6.45, 7) is 7.22. The van der Waals surface area contributed by atoms with Crippen LogP contribution in [-0.4, -0.2) is 69.2 Å². The van der Waals surface area contributed by atoms with Gasteiger partial charge in [-0.25, -0.2) is 4.79 Å². The van der Waals surface area contributed by atoms with E-state index in [0.717, 1.165) is 12.0 Å². The van der Waals surface area contributed by atoms with E-state index in [4.69, 9.17) is 4.74 Å². The van der Waals surface area contributed by atoms with Gasteiger partial charge >= 0.3 is 6.09 Å². The van der Waals surface area contributed by atoms with Crippen molar-refractivity contribution in [2.75, 3.05) is 40.8 Å². The molecule has 0 aliphatic heterocycles. The summed E-state index contributed by atoms with van der Waals surface area (Å²) in [5, 5.41) is 9.02. The first-order chi connectivity index (χ1) is 13.2. The second-order valence-electron chi connectivity index (χ2n) is 7.36. The van der Waals surface area contributed by atoms with Crippen LogP contribution in [-0.2, 0) is 11.2 Å². The number of nitrogens with one attached hydrogen (secondary N) is 3. The fourth-order valence-corrected chi connectivity index (χ4v) is 2.33. The number of likely N-dealkylation sites (N-methyl/N-ethyl adjacent to an activating group) is 1. The molecule has 1 aromatic carbocycles. The Balaban J connectivity index is 2.38. The Kier molecular flexibility index (Phi) is 9.27. The first-order valence-electron chi connectivity index (χ1n) is 9.36. The number of guanidine groups is 1. The molecule has 3 N–H and O–H groups in total. The molecule has 0 aliphatic rings. The van der Waals surface area contributed by atoms with Crippen molar-refractivity contribution in [3.63, 3.8) is 0 Å². The van der Waals surface area contributed by atoms with Crippen molar-refractivity contribution < 1.29 is 14.3 Å². The fourth-order valence-electron chi connectivity index (χ4n) is 2.33. The van der Waals surface area contributed by atoms with Gasteiger partial charge in [-0.05, 0) is 44.9 Å². The minimum Gasteiger partial charge on any atom is -0.444 e. The molecule has 0 saturated heterocycles. The maximum atomic E-state index is 11.9. The molecule has 0 saturated carbocycles. The van der Waals surface area contributed by atoms with Gasteiger partial charge in [-0.15, -0.1) is 0 Å². The molecule has 156 valence electrons. The van der Waals surface area contributed by atoms with Gasteiger partial charge in [-0.1, -0.05) is 12.1 Å². The first-order valence-corrected chi connectivity index (χ1v) is 9.36. The third-order valence-electron chi connectivity index (χ3n) is 3.79. The molecule has 0 heterocycles. The van der Waals surface area contributed by atoms with Crippen molar-refractivity contribution in [1.29, 1.82) is 0 Å². The first kappa shape index (κ1) is 23.3. The molecule has 0 aromatic heterocycles. The molecule has 1 rings (SSSR count). The van der Waals surface area contributed by atoms with Crippen molar-refractivity contribution in [2.45, 2.75) is 32.8 Å². The zero-order valence-corrected chi connectivity index (χ0v) is 17.8. The van der Waals surface area contributed by atoms with Crippen LogP contribution in [0.4, 0.5) is 4.79 Å². The van der Waals surface area contributed by atoms with E-state index >= 15 is 0 Å². The Labute approximate surface area is 167 Å². The zero-order valence-electron chi connectivity index (χ0n) is 17.8. The molecule has 0 radical (unpaired) electrons. The van der Waals surface area contributed by atoms with E-state index in [-0.39, 0.29) is 12.0 Å². The monoisotopic (exact) mass is 391 g/mol. The highest BCUT2D eigenvalue weighted by Gasteiger charge is 2.19. The third-order valence-corrected chi connectivity index (χ3v) is 3.79. The molecular weight excluding hydrogens is 358 g/mol. The quantitative estimate of drug-likeness (QED) is 0.485. The number of nitrogens with zero attached hydrogens (tertiary/aromatic N) is 2. The lowest BCUT2D eigenvalue weighted by Crippen LogP contribution is -2.43. The molecule has 8 heteroatoms. The Bertz CT molecular complexity index is 683. The summed E-state index contributed by atoms with van der Waals surface area (Å²) in [7, 11) is 5.01. The number of benzene rings is 1. The minimum absolute atomic E-state index is 0.0959. The molecule has 0 aliphatic carbocycles. The number of hydrogen-bond donors (Lipinski definition) is 3. The molecule has 0 bridgehead atoms. The SMILES string of the molecule is CN=C(NCCc1cccc(C(=O)NC)c1)NCCN(C)C(=O)OC(C)(C)C. The number of carbonyl (C=O) groups excluding carboxylic acids is 2. The zero-order chi connectivity index (χ0) is 21.2. The van der Waals surface area contributed by atoms with Crippen LogP contribution >= 0.6 is 0 Å². The van der Waals surface area contributed by atoms with Crippen LogP contribution in [0.3, 0.4) is 0 Å². The fraction of sp³-hybridized carbons (Fsp3) is 0.550. The number of amides is 2. The van der Waals surface area contributed by atoms with Crippen LogP contribution in [0.25, 0.3) is 0 Å². The largest absolute Gasteiger partial charge is 0.444 e. The lowest BCUT2D eigenvalue weighted by atomic mass is 10.1. The van der Waals surface area contributed by atoms with Gasteiger partial charge in [0.2, 0.25) is 0 Å². The van der Waals surface area contributed by atoms with E-state index in [1.807, 2.05) is 39.0 Å². The molecule has 0 unspecified atom stereocenters. The van der Waals surface area contributed by atoms with Gasteiger partial charge in [0.05, 0.1) is 0 Å². The number of aliphatic imine (C=N–C) groups is 1. The highest BCUT2D eigenvalue weighted by Crippen LogP contribution is 2.08. The molecular formula is C20H33N5O3. The normalized spacial score (nSPS) is 11.6. The maximum Gasteiger partial charge on any atom is 0.410 e. The summed E-state index contributed by atoms with van der Waals surface area (Å²) in [6, 6.07) is 7.53. The summed E-state index contributed by atoms with van der Waals surface area (Å²) in [6.07, 6.45) is 0.400. The van der Waals surface area contributed by atoms with Gasteiger partial charge < -0.3 is 25.6 Å². The van der Waals surface area contributed by atoms with Gasteiger partial charge in [-0.3, -0.25) is 9.79 Å². The summed E-state index contributed by atoms with van der Waals surface area (Å²) in [5.74, 6) is 0.557. The molecule has 0 atom stereocenters. The van der Waals surface area contributed by atoms with Gasteiger partial charge in [0.25, 0.3) is 5.91 Å². The van der Waals surface area contributed by atoms with Crippen LogP contribution < -0.4 is 16.0 Å². The van der Waals surface area contributed by atoms with Gasteiger partial charge in [-0.2, -0.15) is 0 Å². The molecule has 0 fully saturated rings. The van der Waals surface area contributed by atoms with E-state index < -0.39 is 5.60 Å². The molecule has 28 heavy (non-hydrogen) atoms. The van der Waals surface area contributed by atoms with Gasteiger partial charge in [0, 0.05) is 46.3 Å². The Morgan fingerprint density at radius 2 is 1.86 bits per heavy atom. The van der Waals surface area contributed by atoms with Crippen molar-refractivity contribution in [3.05, 3.63) is 35.4 Å². The van der Waals surface area contributed by atoms with Gasteiger partial charge in [0.15, 0.2) is 5.96 Å². The van der Waals surface area contributed by atoms with Crippen molar-refractivity contribution in [1.82, 2.24) is 20.9 Å². The van der Waals surface area contributed by atoms with Crippen LogP contribution in [0.5, 0.6) is 0 Å². The van der Waals surface area contributed by atoms with Crippen LogP contribution in [0.2, 0.25) is 0 Å². The Hall–Kier alpha value is -2.77. The Morgan fingerprint density at radius 3 is 2.46 bits per heavy atom. The lowest BCUT2D eigenvalue weighted by molar-refractivity contribution is 0.0302. The summed E-state index contributed by atoms with van der Waals surface area (Å²) >= 11 is 0. The third kappa shape index (κ3) is 8.75. The number of ether oxygens (including phenoxy) is 1. The predicted octanol–water partition coefficient (Wildman–Crippen LogP) is 1.62. The van der Waals surface area contributed by atoms with Crippen molar-refractivity contribution >= 4 is 18.0 Å². The standard InChI is InChI=1S/C20H33N5O3/c1-20(2,3)28-19(27)25(6)13-12-24-18(22-5)23-11-10-15-8-7-9-16(14-15)17(26)21-4/h7-9,14H,10-13H2,1-6H3,(H,21,26)(H2,22,23,24). The highest BCUT2D eigenvalue weighted by atomic mass is 16.6. The smallest absolute Gasteiger partial charge is 0.410 e. The average Bonchev–Trinajstić information content (AvgIpc) is 2.64. The highest BCUT2D eigenvalue weighted by molar-refractivity contribution is 5.94. The summed E-state index contributed by atoms with van der Waals surface area (Å²) in [4.78, 5) is 29.3. The van der Waals surface area contributed by atoms with Crippen LogP contribution in [0.15, 0.2) is 29.3 Å². The summed E-state index contributed by atoms with van der Waals surface area (Å²) < 4.78 is 5.32. The molecule has 8 nitrogen and oxygen atoms in total. The van der Waals surface area contributed by atoms with Crippen LogP contribution in [0, 0.1) is 0 Å². The molecule has 2 amide bonds. The van der Waals surface area contributed by atoms with E-state index in [0.29, 0.717) is 31.2 Å². The summed E-state index contributed by atoms with van der Waals surface area (Å²) in [5.41, 5.74) is 1.20. The second-order valence-corrected chi connectivity index (χ2v) is 7.36. The molecule has 0 spiro atoms. The minimum atomic E-state index is -0.508. The second kappa shape index (κ2) is 11.2. The Morgan fingerprint density at radius 1 is 1.18 bits per heavy atom. The topological polar surface area (TPSA) is 95.1 Å². The molecule has 1 aromatic rings. The van der Waals surface area contributed by atoms with E-state index in [1.54, 1.807) is 27.2 Å². The van der Waals surface area contributed by atoms with E-state index in [1.165, 1.54) is 4.90 Å².